The van der Waals surface area contributed by atoms with Crippen molar-refractivity contribution in [1.29, 1.82) is 0 Å². The van der Waals surface area contributed by atoms with Crippen LogP contribution < -0.4 is 10.9 Å². The maximum Gasteiger partial charge on any atom is 0.389 e. The van der Waals surface area contributed by atoms with Crippen LogP contribution in [0, 0.1) is 11.3 Å². The van der Waals surface area contributed by atoms with E-state index in [9.17, 15) is 32.3 Å². The molecule has 0 spiro atoms. The molecule has 13 heteroatoms. The Balaban J connectivity index is 1.98. The van der Waals surface area contributed by atoms with E-state index in [-0.39, 0.29) is 59.6 Å². The Morgan fingerprint density at radius 1 is 1.13 bits per heavy atom. The van der Waals surface area contributed by atoms with Gasteiger partial charge in [-0.15, -0.1) is 0 Å². The SMILES string of the molecule is CC(C)(C)C(=O)Nc1cc(Cl)ccc1-c1cc(=O)n(CC(=O)N2CCC(C(=O)O)CC2)c(CCC(F)(F)F)n1. The van der Waals surface area contributed by atoms with Gasteiger partial charge in [-0.3, -0.25) is 23.7 Å². The van der Waals surface area contributed by atoms with Gasteiger partial charge in [-0.2, -0.15) is 13.2 Å². The lowest BCUT2D eigenvalue weighted by atomic mass is 9.95. The van der Waals surface area contributed by atoms with Gasteiger partial charge in [-0.25, -0.2) is 4.98 Å². The molecule has 1 aliphatic heterocycles. The molecule has 1 aliphatic rings. The molecular weight excluding hydrogens is 541 g/mol. The van der Waals surface area contributed by atoms with Crippen molar-refractivity contribution < 1.29 is 32.7 Å². The maximum atomic E-state index is 13.2. The summed E-state index contributed by atoms with van der Waals surface area (Å²) in [7, 11) is 0. The van der Waals surface area contributed by atoms with Crippen LogP contribution >= 0.6 is 11.6 Å². The fourth-order valence-corrected chi connectivity index (χ4v) is 4.24. The zero-order valence-corrected chi connectivity index (χ0v) is 22.5. The molecule has 1 aromatic heterocycles. The molecule has 2 N–H and O–H groups in total. The summed E-state index contributed by atoms with van der Waals surface area (Å²) in [6.07, 6.45) is -5.97. The summed E-state index contributed by atoms with van der Waals surface area (Å²) in [6.45, 7) is 4.88. The number of aryl methyl sites for hydroxylation is 1. The van der Waals surface area contributed by atoms with Gasteiger partial charge >= 0.3 is 12.1 Å². The standard InChI is InChI=1S/C26H30ClF3N4O5/c1-25(2,3)24(39)32-18-12-16(27)4-5-17(18)19-13-21(35)34(20(31-19)6-9-26(28,29)30)14-22(36)33-10-7-15(8-11-33)23(37)38/h4-5,12-13,15H,6-11,14H2,1-3H3,(H,32,39)(H,37,38). The predicted molar refractivity (Wildman–Crippen MR) is 138 cm³/mol. The van der Waals surface area contributed by atoms with Gasteiger partial charge in [0.25, 0.3) is 5.56 Å². The van der Waals surface area contributed by atoms with Gasteiger partial charge in [0, 0.05) is 41.6 Å². The quantitative estimate of drug-likeness (QED) is 0.510. The second-order valence-corrected chi connectivity index (χ2v) is 10.9. The van der Waals surface area contributed by atoms with Crippen LogP contribution in [-0.2, 0) is 27.3 Å². The Morgan fingerprint density at radius 3 is 2.33 bits per heavy atom. The summed E-state index contributed by atoms with van der Waals surface area (Å²) in [4.78, 5) is 55.6. The summed E-state index contributed by atoms with van der Waals surface area (Å²) in [6, 6.07) is 5.54. The van der Waals surface area contributed by atoms with Crippen molar-refractivity contribution in [3.63, 3.8) is 0 Å². The van der Waals surface area contributed by atoms with E-state index in [0.717, 1.165) is 10.6 Å². The van der Waals surface area contributed by atoms with E-state index < -0.39 is 54.3 Å². The Morgan fingerprint density at radius 2 is 1.77 bits per heavy atom. The highest BCUT2D eigenvalue weighted by atomic mass is 35.5. The number of rotatable bonds is 7. The third kappa shape index (κ3) is 8.04. The molecule has 0 atom stereocenters. The predicted octanol–water partition coefficient (Wildman–Crippen LogP) is 4.37. The van der Waals surface area contributed by atoms with Gasteiger partial charge in [0.1, 0.15) is 12.4 Å². The van der Waals surface area contributed by atoms with Crippen LogP contribution in [0.4, 0.5) is 18.9 Å². The molecular formula is C26H30ClF3N4O5. The lowest BCUT2D eigenvalue weighted by Crippen LogP contribution is -2.43. The number of carboxylic acids is 1. The molecule has 0 unspecified atom stereocenters. The molecule has 212 valence electrons. The van der Waals surface area contributed by atoms with Crippen molar-refractivity contribution in [2.75, 3.05) is 18.4 Å². The second kappa shape index (κ2) is 11.8. The van der Waals surface area contributed by atoms with E-state index in [1.807, 2.05) is 0 Å². The number of nitrogens with one attached hydrogen (secondary N) is 1. The first-order valence-electron chi connectivity index (χ1n) is 12.3. The summed E-state index contributed by atoms with van der Waals surface area (Å²) in [5, 5.41) is 12.2. The molecule has 2 heterocycles. The molecule has 1 fully saturated rings. The van der Waals surface area contributed by atoms with Crippen molar-refractivity contribution in [2.45, 2.75) is 59.2 Å². The number of benzene rings is 1. The van der Waals surface area contributed by atoms with Crippen LogP contribution in [0.25, 0.3) is 11.3 Å². The first-order chi connectivity index (χ1) is 18.0. The molecule has 0 radical (unpaired) electrons. The zero-order chi connectivity index (χ0) is 29.1. The number of carbonyl (C=O) groups is 3. The minimum atomic E-state index is -4.53. The van der Waals surface area contributed by atoms with Crippen LogP contribution in [0.15, 0.2) is 29.1 Å². The number of piperidine rings is 1. The van der Waals surface area contributed by atoms with Crippen LogP contribution in [0.2, 0.25) is 5.02 Å². The van der Waals surface area contributed by atoms with Gasteiger partial charge in [0.05, 0.1) is 23.7 Å². The van der Waals surface area contributed by atoms with Crippen LogP contribution in [0.1, 0.15) is 45.9 Å². The van der Waals surface area contributed by atoms with E-state index in [1.165, 1.54) is 23.1 Å². The van der Waals surface area contributed by atoms with Crippen molar-refractivity contribution in [1.82, 2.24) is 14.5 Å². The number of likely N-dealkylation sites (tertiary alicyclic amines) is 1. The van der Waals surface area contributed by atoms with E-state index in [1.54, 1.807) is 20.8 Å². The highest BCUT2D eigenvalue weighted by Gasteiger charge is 2.30. The number of hydrogen-bond acceptors (Lipinski definition) is 5. The van der Waals surface area contributed by atoms with Gasteiger partial charge in [-0.1, -0.05) is 32.4 Å². The summed E-state index contributed by atoms with van der Waals surface area (Å²) in [5.41, 5.74) is -0.992. The smallest absolute Gasteiger partial charge is 0.389 e. The first kappa shape index (κ1) is 30.1. The van der Waals surface area contributed by atoms with Gasteiger partial charge in [0.15, 0.2) is 0 Å². The van der Waals surface area contributed by atoms with E-state index >= 15 is 0 Å². The topological polar surface area (TPSA) is 122 Å². The lowest BCUT2D eigenvalue weighted by molar-refractivity contribution is -0.146. The fourth-order valence-electron chi connectivity index (χ4n) is 4.07. The fraction of sp³-hybridized carbons (Fsp3) is 0.500. The molecule has 39 heavy (non-hydrogen) atoms. The number of alkyl halides is 3. The molecule has 0 saturated carbocycles. The van der Waals surface area contributed by atoms with Crippen LogP contribution in [0.3, 0.4) is 0 Å². The number of halogens is 4. The van der Waals surface area contributed by atoms with Gasteiger partial charge < -0.3 is 15.3 Å². The van der Waals surface area contributed by atoms with Crippen LogP contribution in [0.5, 0.6) is 0 Å². The molecule has 1 saturated heterocycles. The monoisotopic (exact) mass is 570 g/mol. The Kier molecular flexibility index (Phi) is 9.09. The minimum Gasteiger partial charge on any atom is -0.481 e. The lowest BCUT2D eigenvalue weighted by Gasteiger charge is -2.30. The first-order valence-corrected chi connectivity index (χ1v) is 12.7. The summed E-state index contributed by atoms with van der Waals surface area (Å²) >= 11 is 6.11. The van der Waals surface area contributed by atoms with Crippen molar-refractivity contribution >= 4 is 35.1 Å². The number of anilines is 1. The number of aromatic nitrogens is 2. The van der Waals surface area contributed by atoms with Gasteiger partial charge in [-0.05, 0) is 31.0 Å². The molecule has 2 amide bonds. The number of nitrogens with zero attached hydrogens (tertiary/aromatic N) is 3. The average Bonchev–Trinajstić information content (AvgIpc) is 2.83. The normalized spacial score (nSPS) is 14.8. The number of carbonyl (C=O) groups excluding carboxylic acids is 2. The van der Waals surface area contributed by atoms with Crippen LogP contribution in [-0.4, -0.2) is 56.6 Å². The van der Waals surface area contributed by atoms with Crippen molar-refractivity contribution in [3.8, 4) is 11.3 Å². The Bertz CT molecular complexity index is 1310. The molecule has 0 aliphatic carbocycles. The minimum absolute atomic E-state index is 0.0176. The molecule has 3 rings (SSSR count). The summed E-state index contributed by atoms with van der Waals surface area (Å²) in [5.74, 6) is -2.64. The second-order valence-electron chi connectivity index (χ2n) is 10.5. The molecule has 9 nitrogen and oxygen atoms in total. The molecule has 2 aromatic rings. The van der Waals surface area contributed by atoms with E-state index in [2.05, 4.69) is 10.3 Å². The molecule has 0 bridgehead atoms. The average molecular weight is 571 g/mol. The Hall–Kier alpha value is -3.41. The highest BCUT2D eigenvalue weighted by molar-refractivity contribution is 6.31. The van der Waals surface area contributed by atoms with Gasteiger partial charge in [0.2, 0.25) is 11.8 Å². The Labute approximate surface area is 228 Å². The highest BCUT2D eigenvalue weighted by Crippen LogP contribution is 2.31. The number of hydrogen-bond donors (Lipinski definition) is 2. The van der Waals surface area contributed by atoms with E-state index in [4.69, 9.17) is 16.7 Å². The van der Waals surface area contributed by atoms with Crippen molar-refractivity contribution in [2.24, 2.45) is 11.3 Å². The summed E-state index contributed by atoms with van der Waals surface area (Å²) < 4.78 is 40.3. The number of amides is 2. The van der Waals surface area contributed by atoms with E-state index in [0.29, 0.717) is 0 Å². The molecule has 1 aromatic carbocycles. The number of aliphatic carboxylic acids is 1. The third-order valence-electron chi connectivity index (χ3n) is 6.40. The zero-order valence-electron chi connectivity index (χ0n) is 21.8. The largest absolute Gasteiger partial charge is 0.481 e. The van der Waals surface area contributed by atoms with Crippen molar-refractivity contribution in [3.05, 3.63) is 45.5 Å². The third-order valence-corrected chi connectivity index (χ3v) is 6.63. The number of carboxylic acid groups (broad SMARTS) is 1. The maximum absolute atomic E-state index is 13.2.